The molecule has 0 spiro atoms. The first-order valence-corrected chi connectivity index (χ1v) is 5.76. The number of H-pyrrole nitrogens is 1. The van der Waals surface area contributed by atoms with E-state index in [2.05, 4.69) is 15.2 Å². The topological polar surface area (TPSA) is 41.6 Å². The van der Waals surface area contributed by atoms with Crippen molar-refractivity contribution in [2.24, 2.45) is 0 Å². The number of nitrogens with zero attached hydrogens (tertiary/aromatic N) is 2. The van der Waals surface area contributed by atoms with Gasteiger partial charge >= 0.3 is 0 Å². The highest BCUT2D eigenvalue weighted by Gasteiger charge is 2.15. The van der Waals surface area contributed by atoms with Gasteiger partial charge in [0.25, 0.3) is 0 Å². The molecule has 0 unspecified atom stereocenters. The Morgan fingerprint density at radius 3 is 2.55 bits per heavy atom. The Balaban J connectivity index is 2.15. The predicted octanol–water partition coefficient (Wildman–Crippen LogP) is 3.56. The van der Waals surface area contributed by atoms with E-state index in [4.69, 9.17) is 0 Å². The first-order valence-electron chi connectivity index (χ1n) is 5.76. The number of hydrogen-bond donors (Lipinski definition) is 1. The lowest BCUT2D eigenvalue weighted by molar-refractivity contribution is 0.509. The molecule has 0 radical (unpaired) electrons. The molecule has 20 heavy (non-hydrogen) atoms. The normalized spacial score (nSPS) is 10.8. The lowest BCUT2D eigenvalue weighted by atomic mass is 10.0. The summed E-state index contributed by atoms with van der Waals surface area (Å²) in [6, 6.07) is 6.55. The van der Waals surface area contributed by atoms with Gasteiger partial charge in [0, 0.05) is 22.9 Å². The average Bonchev–Trinajstić information content (AvgIpc) is 2.91. The fourth-order valence-corrected chi connectivity index (χ4v) is 1.95. The Kier molecular flexibility index (Phi) is 2.98. The van der Waals surface area contributed by atoms with Gasteiger partial charge in [-0.25, -0.2) is 13.8 Å². The number of pyridine rings is 1. The van der Waals surface area contributed by atoms with E-state index in [1.807, 2.05) is 0 Å². The molecule has 1 N–H and O–H groups in total. The molecule has 3 aromatic rings. The lowest BCUT2D eigenvalue weighted by Crippen LogP contribution is -1.90. The fraction of sp³-hybridized carbons (Fsp3) is 0. The van der Waals surface area contributed by atoms with Crippen LogP contribution in [-0.2, 0) is 0 Å². The van der Waals surface area contributed by atoms with E-state index in [0.29, 0.717) is 16.8 Å². The van der Waals surface area contributed by atoms with Crippen LogP contribution in [0.2, 0.25) is 0 Å². The molecule has 2 aromatic heterocycles. The van der Waals surface area contributed by atoms with Gasteiger partial charge in [0.15, 0.2) is 11.6 Å². The smallest absolute Gasteiger partial charge is 0.220 e. The van der Waals surface area contributed by atoms with Gasteiger partial charge in [0.05, 0.1) is 11.9 Å². The molecule has 0 aliphatic heterocycles. The zero-order valence-corrected chi connectivity index (χ0v) is 10.1. The van der Waals surface area contributed by atoms with Crippen molar-refractivity contribution in [3.05, 3.63) is 60.3 Å². The molecule has 2 heterocycles. The van der Waals surface area contributed by atoms with Gasteiger partial charge < -0.3 is 0 Å². The van der Waals surface area contributed by atoms with E-state index < -0.39 is 17.6 Å². The van der Waals surface area contributed by atoms with Crippen molar-refractivity contribution in [3.63, 3.8) is 0 Å². The number of rotatable bonds is 2. The van der Waals surface area contributed by atoms with Crippen LogP contribution in [0.5, 0.6) is 0 Å². The average molecular weight is 275 g/mol. The molecule has 100 valence electrons. The van der Waals surface area contributed by atoms with Crippen LogP contribution >= 0.6 is 0 Å². The second-order valence-corrected chi connectivity index (χ2v) is 4.13. The zero-order chi connectivity index (χ0) is 14.1. The number of benzene rings is 1. The molecule has 0 fully saturated rings. The molecule has 0 atom stereocenters. The van der Waals surface area contributed by atoms with Crippen molar-refractivity contribution in [2.45, 2.75) is 0 Å². The van der Waals surface area contributed by atoms with Crippen LogP contribution in [0, 0.1) is 17.6 Å². The molecule has 3 nitrogen and oxygen atoms in total. The summed E-state index contributed by atoms with van der Waals surface area (Å²) in [6.07, 6.45) is 2.74. The predicted molar refractivity (Wildman–Crippen MR) is 67.1 cm³/mol. The van der Waals surface area contributed by atoms with Crippen molar-refractivity contribution in [2.75, 3.05) is 0 Å². The summed E-state index contributed by atoms with van der Waals surface area (Å²) in [5, 5.41) is 6.49. The monoisotopic (exact) mass is 275 g/mol. The third-order valence-corrected chi connectivity index (χ3v) is 2.90. The first-order chi connectivity index (χ1) is 9.66. The van der Waals surface area contributed by atoms with Gasteiger partial charge in [0.1, 0.15) is 0 Å². The highest BCUT2D eigenvalue weighted by atomic mass is 19.2. The molecule has 6 heteroatoms. The first kappa shape index (κ1) is 12.4. The van der Waals surface area contributed by atoms with Crippen LogP contribution in [0.1, 0.15) is 0 Å². The molecule has 1 aromatic carbocycles. The van der Waals surface area contributed by atoms with Crippen molar-refractivity contribution >= 4 is 0 Å². The van der Waals surface area contributed by atoms with E-state index in [9.17, 15) is 13.2 Å². The van der Waals surface area contributed by atoms with Crippen LogP contribution in [0.3, 0.4) is 0 Å². The summed E-state index contributed by atoms with van der Waals surface area (Å²) in [7, 11) is 0. The standard InChI is InChI=1S/C14H8F3N3/c15-11-4-3-8(6-12(11)16)13-10(7-19-20-13)9-2-1-5-18-14(9)17/h1-7H,(H,19,20). The fourth-order valence-electron chi connectivity index (χ4n) is 1.95. The van der Waals surface area contributed by atoms with Crippen LogP contribution in [0.15, 0.2) is 42.7 Å². The molecule has 0 bridgehead atoms. The summed E-state index contributed by atoms with van der Waals surface area (Å²) in [4.78, 5) is 3.56. The van der Waals surface area contributed by atoms with Gasteiger partial charge in [-0.3, -0.25) is 5.10 Å². The van der Waals surface area contributed by atoms with E-state index >= 15 is 0 Å². The highest BCUT2D eigenvalue weighted by Crippen LogP contribution is 2.31. The van der Waals surface area contributed by atoms with Crippen LogP contribution < -0.4 is 0 Å². The minimum absolute atomic E-state index is 0.237. The van der Waals surface area contributed by atoms with Crippen molar-refractivity contribution in [1.82, 2.24) is 15.2 Å². The number of hydrogen-bond acceptors (Lipinski definition) is 2. The zero-order valence-electron chi connectivity index (χ0n) is 10.1. The maximum Gasteiger partial charge on any atom is 0.220 e. The summed E-state index contributed by atoms with van der Waals surface area (Å²) >= 11 is 0. The van der Waals surface area contributed by atoms with Crippen molar-refractivity contribution in [1.29, 1.82) is 0 Å². The summed E-state index contributed by atoms with van der Waals surface area (Å²) in [5.74, 6) is -2.57. The quantitative estimate of drug-likeness (QED) is 0.726. The van der Waals surface area contributed by atoms with E-state index in [1.165, 1.54) is 24.5 Å². The number of aromatic amines is 1. The van der Waals surface area contributed by atoms with Crippen molar-refractivity contribution in [3.8, 4) is 22.4 Å². The molecule has 0 aliphatic rings. The second-order valence-electron chi connectivity index (χ2n) is 4.13. The lowest BCUT2D eigenvalue weighted by Gasteiger charge is -2.04. The van der Waals surface area contributed by atoms with Crippen molar-refractivity contribution < 1.29 is 13.2 Å². The van der Waals surface area contributed by atoms with Gasteiger partial charge in [-0.05, 0) is 30.3 Å². The number of aromatic nitrogens is 3. The maximum absolute atomic E-state index is 13.7. The largest absolute Gasteiger partial charge is 0.277 e. The van der Waals surface area contributed by atoms with Gasteiger partial charge in [-0.2, -0.15) is 9.49 Å². The molecule has 0 saturated heterocycles. The molecular weight excluding hydrogens is 267 g/mol. The minimum atomic E-state index is -0.977. The molecule has 3 rings (SSSR count). The van der Waals surface area contributed by atoms with Gasteiger partial charge in [-0.15, -0.1) is 0 Å². The Morgan fingerprint density at radius 2 is 1.80 bits per heavy atom. The molecule has 0 saturated carbocycles. The third kappa shape index (κ3) is 2.05. The van der Waals surface area contributed by atoms with E-state index in [0.717, 1.165) is 12.1 Å². The van der Waals surface area contributed by atoms with Gasteiger partial charge in [0.2, 0.25) is 5.95 Å². The third-order valence-electron chi connectivity index (χ3n) is 2.90. The number of halogens is 3. The SMILES string of the molecule is Fc1ccc(-c2[nH]ncc2-c2cccnc2F)cc1F. The Labute approximate surface area is 112 Å². The summed E-state index contributed by atoms with van der Waals surface area (Å²) in [6.45, 7) is 0. The summed E-state index contributed by atoms with van der Waals surface area (Å²) < 4.78 is 40.0. The Morgan fingerprint density at radius 1 is 0.950 bits per heavy atom. The molecular formula is C14H8F3N3. The Hall–Kier alpha value is -2.63. The summed E-state index contributed by atoms with van der Waals surface area (Å²) in [5.41, 5.74) is 1.44. The maximum atomic E-state index is 13.7. The van der Waals surface area contributed by atoms with E-state index in [1.54, 1.807) is 6.07 Å². The number of nitrogens with one attached hydrogen (secondary N) is 1. The van der Waals surface area contributed by atoms with Crippen LogP contribution in [0.4, 0.5) is 13.2 Å². The highest BCUT2D eigenvalue weighted by molar-refractivity contribution is 5.80. The second kappa shape index (κ2) is 4.80. The van der Waals surface area contributed by atoms with E-state index in [-0.39, 0.29) is 5.56 Å². The van der Waals surface area contributed by atoms with Crippen LogP contribution in [0.25, 0.3) is 22.4 Å². The van der Waals surface area contributed by atoms with Gasteiger partial charge in [-0.1, -0.05) is 0 Å². The van der Waals surface area contributed by atoms with Crippen LogP contribution in [-0.4, -0.2) is 15.2 Å². The molecule has 0 aliphatic carbocycles. The Bertz CT molecular complexity index is 768. The minimum Gasteiger partial charge on any atom is -0.277 e. The molecule has 0 amide bonds.